The molecule has 2 nitrogen and oxygen atoms in total. The molecule has 1 rings (SSSR count). The van der Waals surface area contributed by atoms with Crippen molar-refractivity contribution in [3.63, 3.8) is 0 Å². The molecule has 0 aliphatic heterocycles. The number of nitrogens with one attached hydrogen (secondary N) is 2. The Bertz CT molecular complexity index is 269. The minimum atomic E-state index is 0.608. The van der Waals surface area contributed by atoms with Crippen molar-refractivity contribution in [1.29, 1.82) is 0 Å². The number of benzene rings is 1. The average molecular weight is 220 g/mol. The van der Waals surface area contributed by atoms with Gasteiger partial charge in [0.05, 0.1) is 0 Å². The largest absolute Gasteiger partial charge is 0.385 e. The van der Waals surface area contributed by atoms with Crippen LogP contribution >= 0.6 is 0 Å². The van der Waals surface area contributed by atoms with Gasteiger partial charge in [-0.1, -0.05) is 32.0 Å². The van der Waals surface area contributed by atoms with Crippen LogP contribution in [-0.2, 0) is 0 Å². The highest BCUT2D eigenvalue weighted by Crippen LogP contribution is 2.04. The Morgan fingerprint density at radius 1 is 1.00 bits per heavy atom. The maximum Gasteiger partial charge on any atom is 0.0340 e. The lowest BCUT2D eigenvalue weighted by atomic mass is 10.1. The van der Waals surface area contributed by atoms with Crippen molar-refractivity contribution in [2.45, 2.75) is 33.2 Å². The second-order valence-corrected chi connectivity index (χ2v) is 4.63. The second kappa shape index (κ2) is 7.29. The zero-order valence-electron chi connectivity index (χ0n) is 10.7. The zero-order valence-corrected chi connectivity index (χ0v) is 10.7. The zero-order chi connectivity index (χ0) is 11.8. The van der Waals surface area contributed by atoms with E-state index < -0.39 is 0 Å². The van der Waals surface area contributed by atoms with Crippen molar-refractivity contribution in [1.82, 2.24) is 5.32 Å². The Balaban J connectivity index is 2.04. The van der Waals surface area contributed by atoms with E-state index in [0.717, 1.165) is 19.5 Å². The predicted octanol–water partition coefficient (Wildman–Crippen LogP) is 3.12. The summed E-state index contributed by atoms with van der Waals surface area (Å²) in [5.41, 5.74) is 1.21. The molecule has 1 aromatic carbocycles. The van der Waals surface area contributed by atoms with E-state index in [2.05, 4.69) is 55.7 Å². The first-order valence-electron chi connectivity index (χ1n) is 6.22. The van der Waals surface area contributed by atoms with Crippen molar-refractivity contribution in [2.24, 2.45) is 5.92 Å². The van der Waals surface area contributed by atoms with Crippen LogP contribution in [0.25, 0.3) is 0 Å². The summed E-state index contributed by atoms with van der Waals surface area (Å²) >= 11 is 0. The van der Waals surface area contributed by atoms with Gasteiger partial charge < -0.3 is 10.6 Å². The topological polar surface area (TPSA) is 24.1 Å². The molecular formula is C14H24N2. The van der Waals surface area contributed by atoms with Crippen LogP contribution in [0.2, 0.25) is 0 Å². The molecule has 1 atom stereocenters. The standard InChI is InChI=1S/C14H24N2/c1-12(2)13(3)15-10-7-11-16-14-8-5-4-6-9-14/h4-6,8-9,12-13,15-16H,7,10-11H2,1-3H3. The molecule has 0 spiro atoms. The van der Waals surface area contributed by atoms with Crippen molar-refractivity contribution in [3.8, 4) is 0 Å². The SMILES string of the molecule is CC(C)C(C)NCCCNc1ccccc1. The van der Waals surface area contributed by atoms with E-state index >= 15 is 0 Å². The van der Waals surface area contributed by atoms with Crippen LogP contribution in [0.5, 0.6) is 0 Å². The average Bonchev–Trinajstić information content (AvgIpc) is 2.29. The molecule has 0 aliphatic rings. The van der Waals surface area contributed by atoms with Crippen LogP contribution in [0.4, 0.5) is 5.69 Å². The Labute approximate surface area is 99.5 Å². The van der Waals surface area contributed by atoms with Gasteiger partial charge in [-0.3, -0.25) is 0 Å². The number of hydrogen-bond acceptors (Lipinski definition) is 2. The highest BCUT2D eigenvalue weighted by molar-refractivity contribution is 5.42. The van der Waals surface area contributed by atoms with Crippen LogP contribution < -0.4 is 10.6 Å². The maximum atomic E-state index is 3.53. The van der Waals surface area contributed by atoms with Crippen LogP contribution in [0.1, 0.15) is 27.2 Å². The molecule has 0 aliphatic carbocycles. The molecule has 1 aromatic rings. The fourth-order valence-corrected chi connectivity index (χ4v) is 1.44. The van der Waals surface area contributed by atoms with E-state index in [1.54, 1.807) is 0 Å². The van der Waals surface area contributed by atoms with E-state index in [4.69, 9.17) is 0 Å². The van der Waals surface area contributed by atoms with Gasteiger partial charge in [0.1, 0.15) is 0 Å². The molecule has 2 N–H and O–H groups in total. The Morgan fingerprint density at radius 2 is 1.69 bits per heavy atom. The fourth-order valence-electron chi connectivity index (χ4n) is 1.44. The molecule has 0 saturated heterocycles. The summed E-state index contributed by atoms with van der Waals surface area (Å²) in [4.78, 5) is 0. The van der Waals surface area contributed by atoms with Crippen molar-refractivity contribution >= 4 is 5.69 Å². The molecule has 0 fully saturated rings. The van der Waals surface area contributed by atoms with Gasteiger partial charge in [-0.15, -0.1) is 0 Å². The highest BCUT2D eigenvalue weighted by Gasteiger charge is 2.04. The Hall–Kier alpha value is -1.02. The third kappa shape index (κ3) is 5.17. The highest BCUT2D eigenvalue weighted by atomic mass is 14.9. The first kappa shape index (κ1) is 13.0. The van der Waals surface area contributed by atoms with E-state index in [1.807, 2.05) is 6.07 Å². The van der Waals surface area contributed by atoms with Crippen LogP contribution in [-0.4, -0.2) is 19.1 Å². The summed E-state index contributed by atoms with van der Waals surface area (Å²) in [6, 6.07) is 11.0. The van der Waals surface area contributed by atoms with Crippen molar-refractivity contribution in [3.05, 3.63) is 30.3 Å². The molecular weight excluding hydrogens is 196 g/mol. The first-order valence-corrected chi connectivity index (χ1v) is 6.22. The third-order valence-electron chi connectivity index (χ3n) is 2.92. The number of anilines is 1. The molecule has 90 valence electrons. The fraction of sp³-hybridized carbons (Fsp3) is 0.571. The summed E-state index contributed by atoms with van der Waals surface area (Å²) in [6.07, 6.45) is 1.16. The first-order chi connectivity index (χ1) is 7.70. The normalized spacial score (nSPS) is 12.8. The van der Waals surface area contributed by atoms with E-state index in [1.165, 1.54) is 5.69 Å². The smallest absolute Gasteiger partial charge is 0.0340 e. The van der Waals surface area contributed by atoms with Gasteiger partial charge in [-0.2, -0.15) is 0 Å². The summed E-state index contributed by atoms with van der Waals surface area (Å²) < 4.78 is 0. The Kier molecular flexibility index (Phi) is 5.94. The minimum Gasteiger partial charge on any atom is -0.385 e. The number of hydrogen-bond donors (Lipinski definition) is 2. The van der Waals surface area contributed by atoms with Gasteiger partial charge in [-0.05, 0) is 37.9 Å². The quantitative estimate of drug-likeness (QED) is 0.690. The van der Waals surface area contributed by atoms with Crippen LogP contribution in [0.15, 0.2) is 30.3 Å². The molecule has 0 radical (unpaired) electrons. The number of para-hydroxylation sites is 1. The molecule has 0 amide bonds. The molecule has 0 bridgehead atoms. The van der Waals surface area contributed by atoms with Gasteiger partial charge in [0.2, 0.25) is 0 Å². The molecule has 0 aromatic heterocycles. The summed E-state index contributed by atoms with van der Waals surface area (Å²) in [7, 11) is 0. The molecule has 1 unspecified atom stereocenters. The van der Waals surface area contributed by atoms with E-state index in [-0.39, 0.29) is 0 Å². The number of rotatable bonds is 7. The van der Waals surface area contributed by atoms with Gasteiger partial charge >= 0.3 is 0 Å². The van der Waals surface area contributed by atoms with E-state index in [9.17, 15) is 0 Å². The maximum absolute atomic E-state index is 3.53. The summed E-state index contributed by atoms with van der Waals surface area (Å²) in [5, 5.41) is 6.94. The second-order valence-electron chi connectivity index (χ2n) is 4.63. The van der Waals surface area contributed by atoms with Gasteiger partial charge in [-0.25, -0.2) is 0 Å². The molecule has 2 heteroatoms. The lowest BCUT2D eigenvalue weighted by molar-refractivity contribution is 0.426. The monoisotopic (exact) mass is 220 g/mol. The molecule has 0 saturated carbocycles. The minimum absolute atomic E-state index is 0.608. The molecule has 16 heavy (non-hydrogen) atoms. The van der Waals surface area contributed by atoms with E-state index in [0.29, 0.717) is 12.0 Å². The molecule has 0 heterocycles. The summed E-state index contributed by atoms with van der Waals surface area (Å²) in [6.45, 7) is 8.86. The summed E-state index contributed by atoms with van der Waals surface area (Å²) in [5.74, 6) is 0.710. The van der Waals surface area contributed by atoms with Gasteiger partial charge in [0.25, 0.3) is 0 Å². The lowest BCUT2D eigenvalue weighted by Crippen LogP contribution is -2.32. The Morgan fingerprint density at radius 3 is 2.31 bits per heavy atom. The predicted molar refractivity (Wildman–Crippen MR) is 71.9 cm³/mol. The van der Waals surface area contributed by atoms with Crippen LogP contribution in [0, 0.1) is 5.92 Å². The third-order valence-corrected chi connectivity index (χ3v) is 2.92. The van der Waals surface area contributed by atoms with Gasteiger partial charge in [0.15, 0.2) is 0 Å². The van der Waals surface area contributed by atoms with Crippen molar-refractivity contribution in [2.75, 3.05) is 18.4 Å². The lowest BCUT2D eigenvalue weighted by Gasteiger charge is -2.17. The van der Waals surface area contributed by atoms with Gasteiger partial charge in [0, 0.05) is 18.3 Å². The van der Waals surface area contributed by atoms with Crippen LogP contribution in [0.3, 0.4) is 0 Å². The van der Waals surface area contributed by atoms with Crippen molar-refractivity contribution < 1.29 is 0 Å².